The van der Waals surface area contributed by atoms with Gasteiger partial charge in [-0.25, -0.2) is 9.78 Å². The quantitative estimate of drug-likeness (QED) is 0.391. The second-order valence-corrected chi connectivity index (χ2v) is 10.4. The van der Waals surface area contributed by atoms with Gasteiger partial charge in [0, 0.05) is 30.9 Å². The van der Waals surface area contributed by atoms with Crippen LogP contribution in [-0.2, 0) is 28.0 Å². The fraction of sp³-hybridized carbons (Fsp3) is 0.481. The maximum absolute atomic E-state index is 14.1. The van der Waals surface area contributed by atoms with Crippen LogP contribution in [0.15, 0.2) is 36.7 Å². The maximum atomic E-state index is 14.1. The number of hydrogen-bond donors (Lipinski definition) is 0. The molecule has 10 heteroatoms. The molecule has 0 N–H and O–H groups in total. The normalized spacial score (nSPS) is 16.7. The third-order valence-electron chi connectivity index (χ3n) is 7.33. The third kappa shape index (κ3) is 4.65. The van der Waals surface area contributed by atoms with Gasteiger partial charge in [-0.05, 0) is 69.4 Å². The number of likely N-dealkylation sites (tertiary alicyclic amines) is 1. The number of benzene rings is 1. The molecule has 5 rings (SSSR count). The number of rotatable bonds is 7. The monoisotopic (exact) mass is 527 g/mol. The zero-order chi connectivity index (χ0) is 26.2. The predicted octanol–water partition coefficient (Wildman–Crippen LogP) is 5.26. The third-order valence-corrected chi connectivity index (χ3v) is 7.56. The molecule has 2 aromatic heterocycles. The van der Waals surface area contributed by atoms with Gasteiger partial charge in [-0.1, -0.05) is 11.6 Å². The second kappa shape index (κ2) is 10.3. The smallest absolute Gasteiger partial charge is 0.410 e. The van der Waals surface area contributed by atoms with Gasteiger partial charge in [-0.2, -0.15) is 0 Å². The second-order valence-electron chi connectivity index (χ2n) is 9.99. The number of pyridine rings is 1. The summed E-state index contributed by atoms with van der Waals surface area (Å²) in [4.78, 5) is 39.1. The van der Waals surface area contributed by atoms with Crippen molar-refractivity contribution in [2.45, 2.75) is 64.1 Å². The number of nitrogens with zero attached hydrogens (tertiary/aromatic N) is 5. The highest BCUT2D eigenvalue weighted by Gasteiger charge is 2.53. The summed E-state index contributed by atoms with van der Waals surface area (Å²) in [5, 5.41) is 0.584. The molecule has 4 heterocycles. The molecule has 0 aliphatic carbocycles. The highest BCUT2D eigenvalue weighted by atomic mass is 35.5. The average molecular weight is 528 g/mol. The summed E-state index contributed by atoms with van der Waals surface area (Å²) in [5.41, 5.74) is 2.63. The average Bonchev–Trinajstić information content (AvgIpc) is 3.32. The zero-order valence-corrected chi connectivity index (χ0v) is 21.9. The number of carbonyl (C=O) groups excluding carboxylic acids is 2. The Hall–Kier alpha value is -3.20. The number of imidazole rings is 1. The number of aromatic nitrogens is 3. The van der Waals surface area contributed by atoms with Crippen molar-refractivity contribution in [2.24, 2.45) is 0 Å². The topological polar surface area (TPSA) is 80.6 Å². The van der Waals surface area contributed by atoms with Crippen LogP contribution in [0.4, 0.5) is 14.9 Å². The van der Waals surface area contributed by atoms with Crippen LogP contribution in [0.3, 0.4) is 0 Å². The molecule has 1 spiro atoms. The van der Waals surface area contributed by atoms with Crippen molar-refractivity contribution in [3.05, 3.63) is 53.1 Å². The van der Waals surface area contributed by atoms with E-state index in [9.17, 15) is 14.0 Å². The Kier molecular flexibility index (Phi) is 7.07. The number of hydrogen-bond acceptors (Lipinski definition) is 5. The van der Waals surface area contributed by atoms with Crippen molar-refractivity contribution >= 4 is 40.3 Å². The summed E-state index contributed by atoms with van der Waals surface area (Å²) in [6.07, 6.45) is 5.04. The highest BCUT2D eigenvalue weighted by Crippen LogP contribution is 2.48. The lowest BCUT2D eigenvalue weighted by Crippen LogP contribution is -2.50. The van der Waals surface area contributed by atoms with E-state index < -0.39 is 5.41 Å². The molecule has 0 radical (unpaired) electrons. The summed E-state index contributed by atoms with van der Waals surface area (Å²) < 4.78 is 20.3. The number of unbranched alkanes of at least 4 members (excludes halogenated alkanes) is 1. The standard InChI is InChI=1S/C27H31ClFN5O3/c1-18(2)37-26(36)32-13-8-27(9-14-32)20-7-11-30-16-23(20)34(25(27)35)17-24-31-21-15-19(28)5-6-22(21)33(24)12-4-3-10-29/h5-7,11,15-16,18H,3-4,8-10,12-14,17H2,1-2H3. The van der Waals surface area contributed by atoms with E-state index in [0.29, 0.717) is 56.2 Å². The SMILES string of the molecule is CC(C)OC(=O)N1CCC2(CC1)C(=O)N(Cc1nc3cc(Cl)ccc3n1CCCCF)c1cnccc12. The van der Waals surface area contributed by atoms with Crippen LogP contribution >= 0.6 is 11.6 Å². The molecule has 0 unspecified atom stereocenters. The number of halogens is 2. The molecular weight excluding hydrogens is 497 g/mol. The van der Waals surface area contributed by atoms with E-state index in [4.69, 9.17) is 21.3 Å². The van der Waals surface area contributed by atoms with Gasteiger partial charge >= 0.3 is 6.09 Å². The van der Waals surface area contributed by atoms with Crippen molar-refractivity contribution in [1.29, 1.82) is 0 Å². The molecule has 196 valence electrons. The molecule has 2 aliphatic heterocycles. The van der Waals surface area contributed by atoms with E-state index in [1.807, 2.05) is 32.0 Å². The van der Waals surface area contributed by atoms with Gasteiger partial charge in [0.1, 0.15) is 5.82 Å². The van der Waals surface area contributed by atoms with Gasteiger partial charge in [0.2, 0.25) is 5.91 Å². The van der Waals surface area contributed by atoms with Gasteiger partial charge < -0.3 is 19.1 Å². The van der Waals surface area contributed by atoms with Gasteiger partial charge in [-0.15, -0.1) is 0 Å². The molecule has 2 aliphatic rings. The lowest BCUT2D eigenvalue weighted by Gasteiger charge is -2.38. The number of piperidine rings is 1. The fourth-order valence-corrected chi connectivity index (χ4v) is 5.67. The Bertz CT molecular complexity index is 1320. The van der Waals surface area contributed by atoms with Crippen LogP contribution in [0.25, 0.3) is 11.0 Å². The van der Waals surface area contributed by atoms with Gasteiger partial charge in [0.25, 0.3) is 0 Å². The van der Waals surface area contributed by atoms with Crippen molar-refractivity contribution in [2.75, 3.05) is 24.7 Å². The summed E-state index contributed by atoms with van der Waals surface area (Å²) >= 11 is 6.22. The molecule has 1 aromatic carbocycles. The Balaban J connectivity index is 1.45. The first-order valence-electron chi connectivity index (χ1n) is 12.8. The van der Waals surface area contributed by atoms with Crippen molar-refractivity contribution < 1.29 is 18.7 Å². The highest BCUT2D eigenvalue weighted by molar-refractivity contribution is 6.31. The zero-order valence-electron chi connectivity index (χ0n) is 21.1. The van der Waals surface area contributed by atoms with E-state index in [2.05, 4.69) is 9.55 Å². The number of ether oxygens (including phenoxy) is 1. The van der Waals surface area contributed by atoms with Crippen LogP contribution in [0.2, 0.25) is 5.02 Å². The molecule has 37 heavy (non-hydrogen) atoms. The van der Waals surface area contributed by atoms with Crippen LogP contribution in [0, 0.1) is 0 Å². The Morgan fingerprint density at radius 2 is 2.00 bits per heavy atom. The first-order valence-corrected chi connectivity index (χ1v) is 13.1. The minimum atomic E-state index is -0.721. The Labute approximate surface area is 220 Å². The minimum absolute atomic E-state index is 0.00669. The molecule has 2 amide bonds. The largest absolute Gasteiger partial charge is 0.447 e. The summed E-state index contributed by atoms with van der Waals surface area (Å²) in [7, 11) is 0. The van der Waals surface area contributed by atoms with Crippen LogP contribution in [0.1, 0.15) is 50.9 Å². The van der Waals surface area contributed by atoms with Crippen LogP contribution in [-0.4, -0.2) is 57.3 Å². The first kappa shape index (κ1) is 25.4. The molecule has 0 saturated carbocycles. The van der Waals surface area contributed by atoms with Crippen molar-refractivity contribution in [1.82, 2.24) is 19.4 Å². The van der Waals surface area contributed by atoms with Crippen molar-refractivity contribution in [3.8, 4) is 0 Å². The van der Waals surface area contributed by atoms with E-state index in [1.165, 1.54) is 0 Å². The molecule has 1 saturated heterocycles. The first-order chi connectivity index (χ1) is 17.8. The number of anilines is 1. The fourth-order valence-electron chi connectivity index (χ4n) is 5.51. The summed E-state index contributed by atoms with van der Waals surface area (Å²) in [6, 6.07) is 7.45. The minimum Gasteiger partial charge on any atom is -0.447 e. The molecule has 0 atom stereocenters. The van der Waals surface area contributed by atoms with Gasteiger partial charge in [0.15, 0.2) is 0 Å². The van der Waals surface area contributed by atoms with E-state index in [1.54, 1.807) is 28.3 Å². The van der Waals surface area contributed by atoms with Crippen LogP contribution < -0.4 is 4.90 Å². The molecular formula is C27H31ClFN5O3. The van der Waals surface area contributed by atoms with E-state index >= 15 is 0 Å². The molecule has 0 bridgehead atoms. The Morgan fingerprint density at radius 3 is 2.73 bits per heavy atom. The Morgan fingerprint density at radius 1 is 1.22 bits per heavy atom. The van der Waals surface area contributed by atoms with Gasteiger partial charge in [0.05, 0.1) is 47.7 Å². The number of alkyl halides is 1. The van der Waals surface area contributed by atoms with E-state index in [-0.39, 0.29) is 31.3 Å². The number of aryl methyl sites for hydroxylation is 1. The number of amides is 2. The summed E-state index contributed by atoms with van der Waals surface area (Å²) in [5.74, 6) is 0.710. The molecule has 8 nitrogen and oxygen atoms in total. The lowest BCUT2D eigenvalue weighted by molar-refractivity contribution is -0.125. The van der Waals surface area contributed by atoms with E-state index in [0.717, 1.165) is 22.3 Å². The lowest BCUT2D eigenvalue weighted by atomic mass is 9.74. The summed E-state index contributed by atoms with van der Waals surface area (Å²) in [6.45, 7) is 5.01. The predicted molar refractivity (Wildman–Crippen MR) is 139 cm³/mol. The molecule has 3 aromatic rings. The molecule has 1 fully saturated rings. The van der Waals surface area contributed by atoms with Crippen LogP contribution in [0.5, 0.6) is 0 Å². The van der Waals surface area contributed by atoms with Crippen molar-refractivity contribution in [3.63, 3.8) is 0 Å². The van der Waals surface area contributed by atoms with Gasteiger partial charge in [-0.3, -0.25) is 14.2 Å². The maximum Gasteiger partial charge on any atom is 0.410 e. The number of carbonyl (C=O) groups is 2. The number of fused-ring (bicyclic) bond motifs is 3.